The van der Waals surface area contributed by atoms with Gasteiger partial charge in [0.05, 0.1) is 23.6 Å². The number of imide groups is 1. The van der Waals surface area contributed by atoms with Crippen molar-refractivity contribution in [2.24, 2.45) is 0 Å². The molecule has 0 spiro atoms. The van der Waals surface area contributed by atoms with E-state index in [1.54, 1.807) is 24.3 Å². The number of anilines is 2. The van der Waals surface area contributed by atoms with Crippen molar-refractivity contribution in [3.05, 3.63) is 70.8 Å². The maximum atomic E-state index is 13.0. The molecule has 1 N–H and O–H groups in total. The highest BCUT2D eigenvalue weighted by atomic mass is 32.2. The minimum atomic E-state index is -0.810. The molecule has 2 aromatic rings. The molecule has 2 amide bonds. The van der Waals surface area contributed by atoms with Crippen LogP contribution in [0.5, 0.6) is 0 Å². The van der Waals surface area contributed by atoms with Gasteiger partial charge >= 0.3 is 5.97 Å². The number of methoxy groups -OCH3 is 1. The molecule has 0 unspecified atom stereocenters. The predicted molar refractivity (Wildman–Crippen MR) is 115 cm³/mol. The van der Waals surface area contributed by atoms with E-state index in [0.29, 0.717) is 16.9 Å². The molecule has 31 heavy (non-hydrogen) atoms. The van der Waals surface area contributed by atoms with E-state index in [9.17, 15) is 24.9 Å². The highest BCUT2D eigenvalue weighted by Gasteiger charge is 2.41. The summed E-state index contributed by atoms with van der Waals surface area (Å²) in [7, 11) is 1.26. The Morgan fingerprint density at radius 3 is 2.32 bits per heavy atom. The lowest BCUT2D eigenvalue weighted by molar-refractivity contribution is -0.121. The number of hydrogen-bond acceptors (Lipinski definition) is 8. The Morgan fingerprint density at radius 1 is 1.10 bits per heavy atom. The van der Waals surface area contributed by atoms with Gasteiger partial charge in [0.1, 0.15) is 17.2 Å². The fourth-order valence-electron chi connectivity index (χ4n) is 2.90. The number of nitriles is 2. The Bertz CT molecular complexity index is 1110. The Kier molecular flexibility index (Phi) is 6.71. The zero-order valence-electron chi connectivity index (χ0n) is 16.4. The van der Waals surface area contributed by atoms with Crippen LogP contribution in [-0.4, -0.2) is 30.1 Å². The van der Waals surface area contributed by atoms with Gasteiger partial charge in [-0.25, -0.2) is 9.69 Å². The van der Waals surface area contributed by atoms with E-state index < -0.39 is 23.0 Å². The molecule has 3 rings (SSSR count). The molecular formula is C22H16N4O4S. The van der Waals surface area contributed by atoms with E-state index in [2.05, 4.69) is 10.1 Å². The first-order valence-corrected chi connectivity index (χ1v) is 9.94. The van der Waals surface area contributed by atoms with Crippen LogP contribution >= 0.6 is 11.8 Å². The van der Waals surface area contributed by atoms with Crippen LogP contribution in [0.15, 0.2) is 65.2 Å². The lowest BCUT2D eigenvalue weighted by Crippen LogP contribution is -2.31. The van der Waals surface area contributed by atoms with Crippen molar-refractivity contribution in [2.45, 2.75) is 11.7 Å². The molecule has 154 valence electrons. The lowest BCUT2D eigenvalue weighted by atomic mass is 10.2. The second kappa shape index (κ2) is 9.61. The van der Waals surface area contributed by atoms with Crippen molar-refractivity contribution in [2.75, 3.05) is 17.3 Å². The van der Waals surface area contributed by atoms with Gasteiger partial charge < -0.3 is 10.1 Å². The molecule has 8 nitrogen and oxygen atoms in total. The molecule has 0 aliphatic carbocycles. The Hall–Kier alpha value is -4.08. The van der Waals surface area contributed by atoms with E-state index in [0.717, 1.165) is 16.7 Å². The number of carbonyl (C=O) groups excluding carboxylic acids is 3. The fourth-order valence-corrected chi connectivity index (χ4v) is 4.01. The first-order chi connectivity index (χ1) is 15.0. The summed E-state index contributed by atoms with van der Waals surface area (Å²) in [5.41, 5.74) is 1.07. The zero-order chi connectivity index (χ0) is 22.4. The third-order valence-electron chi connectivity index (χ3n) is 4.39. The Balaban J connectivity index is 1.83. The van der Waals surface area contributed by atoms with Crippen LogP contribution in [0.2, 0.25) is 0 Å². The summed E-state index contributed by atoms with van der Waals surface area (Å²) < 4.78 is 4.64. The lowest BCUT2D eigenvalue weighted by Gasteiger charge is -2.16. The molecule has 1 aliphatic rings. The fraction of sp³-hybridized carbons (Fsp3) is 0.136. The molecule has 0 bridgehead atoms. The van der Waals surface area contributed by atoms with Crippen LogP contribution in [0.1, 0.15) is 16.8 Å². The second-order valence-electron chi connectivity index (χ2n) is 6.34. The normalized spacial score (nSPS) is 15.1. The van der Waals surface area contributed by atoms with E-state index in [1.165, 1.54) is 31.4 Å². The van der Waals surface area contributed by atoms with Gasteiger partial charge in [-0.1, -0.05) is 30.0 Å². The summed E-state index contributed by atoms with van der Waals surface area (Å²) in [4.78, 5) is 38.1. The number of rotatable bonds is 6. The van der Waals surface area contributed by atoms with Crippen LogP contribution in [0, 0.1) is 22.7 Å². The number of thioether (sulfide) groups is 1. The molecule has 1 fully saturated rings. The Labute approximate surface area is 182 Å². The zero-order valence-corrected chi connectivity index (χ0v) is 17.2. The number of carbonyl (C=O) groups is 3. The summed E-state index contributed by atoms with van der Waals surface area (Å²) in [5.74, 6) is -1.41. The molecule has 1 heterocycles. The smallest absolute Gasteiger partial charge is 0.337 e. The molecule has 1 saturated heterocycles. The van der Waals surface area contributed by atoms with Crippen molar-refractivity contribution in [3.8, 4) is 12.1 Å². The van der Waals surface area contributed by atoms with Crippen molar-refractivity contribution in [3.63, 3.8) is 0 Å². The number of benzene rings is 2. The van der Waals surface area contributed by atoms with Gasteiger partial charge in [-0.3, -0.25) is 9.59 Å². The van der Waals surface area contributed by atoms with Crippen LogP contribution in [0.4, 0.5) is 11.4 Å². The third-order valence-corrected chi connectivity index (χ3v) is 5.59. The SMILES string of the molecule is COC(=O)c1ccc(N2C(=O)C[C@H](SC(Nc3ccccc3)=C(C#N)C#N)C2=O)cc1. The van der Waals surface area contributed by atoms with Gasteiger partial charge in [0.2, 0.25) is 11.8 Å². The highest BCUT2D eigenvalue weighted by molar-refractivity contribution is 8.04. The van der Waals surface area contributed by atoms with Gasteiger partial charge in [-0.05, 0) is 36.4 Å². The van der Waals surface area contributed by atoms with Gasteiger partial charge in [0, 0.05) is 12.1 Å². The van der Waals surface area contributed by atoms with E-state index in [1.807, 2.05) is 18.2 Å². The Morgan fingerprint density at radius 2 is 1.74 bits per heavy atom. The maximum Gasteiger partial charge on any atom is 0.337 e. The van der Waals surface area contributed by atoms with Crippen LogP contribution in [0.25, 0.3) is 0 Å². The number of ether oxygens (including phenoxy) is 1. The first-order valence-electron chi connectivity index (χ1n) is 9.07. The minimum Gasteiger partial charge on any atom is -0.465 e. The quantitative estimate of drug-likeness (QED) is 0.419. The molecule has 2 aromatic carbocycles. The van der Waals surface area contributed by atoms with Crippen molar-refractivity contribution < 1.29 is 19.1 Å². The molecular weight excluding hydrogens is 416 g/mol. The average Bonchev–Trinajstić information content (AvgIpc) is 3.07. The van der Waals surface area contributed by atoms with Crippen LogP contribution in [-0.2, 0) is 14.3 Å². The maximum absolute atomic E-state index is 13.0. The molecule has 0 saturated carbocycles. The number of nitrogens with one attached hydrogen (secondary N) is 1. The van der Waals surface area contributed by atoms with E-state index >= 15 is 0 Å². The van der Waals surface area contributed by atoms with E-state index in [-0.39, 0.29) is 17.0 Å². The highest BCUT2D eigenvalue weighted by Crippen LogP contribution is 2.35. The van der Waals surface area contributed by atoms with Crippen molar-refractivity contribution in [1.82, 2.24) is 0 Å². The summed E-state index contributed by atoms with van der Waals surface area (Å²) in [5, 5.41) is 21.0. The van der Waals surface area contributed by atoms with Gasteiger partial charge in [0.25, 0.3) is 0 Å². The number of nitrogens with zero attached hydrogens (tertiary/aromatic N) is 3. The summed E-state index contributed by atoms with van der Waals surface area (Å²) in [6.45, 7) is 0. The summed E-state index contributed by atoms with van der Waals surface area (Å²) >= 11 is 0.964. The number of para-hydroxylation sites is 1. The monoisotopic (exact) mass is 432 g/mol. The van der Waals surface area contributed by atoms with Crippen LogP contribution in [0.3, 0.4) is 0 Å². The standard InChI is InChI=1S/C22H16N4O4S/c1-30-22(29)14-7-9-17(10-8-14)26-19(27)11-18(21(26)28)31-20(15(12-23)13-24)25-16-5-3-2-4-6-16/h2-10,18,25H,11H2,1H3/t18-/m0/s1. The molecule has 1 atom stereocenters. The number of esters is 1. The van der Waals surface area contributed by atoms with Crippen molar-refractivity contribution in [1.29, 1.82) is 10.5 Å². The second-order valence-corrected chi connectivity index (χ2v) is 7.55. The number of allylic oxidation sites excluding steroid dienone is 1. The largest absolute Gasteiger partial charge is 0.465 e. The third kappa shape index (κ3) is 4.74. The topological polar surface area (TPSA) is 123 Å². The van der Waals surface area contributed by atoms with Crippen LogP contribution < -0.4 is 10.2 Å². The molecule has 1 aliphatic heterocycles. The van der Waals surface area contributed by atoms with E-state index in [4.69, 9.17) is 0 Å². The van der Waals surface area contributed by atoms with Gasteiger partial charge in [0.15, 0.2) is 5.57 Å². The number of amides is 2. The molecule has 0 radical (unpaired) electrons. The average molecular weight is 432 g/mol. The van der Waals surface area contributed by atoms with Crippen molar-refractivity contribution >= 4 is 40.9 Å². The molecule has 9 heteroatoms. The minimum absolute atomic E-state index is 0.0909. The summed E-state index contributed by atoms with van der Waals surface area (Å²) in [6, 6.07) is 18.4. The van der Waals surface area contributed by atoms with Gasteiger partial charge in [-0.15, -0.1) is 0 Å². The summed E-state index contributed by atoms with van der Waals surface area (Å²) in [6.07, 6.45) is -0.0909. The molecule has 0 aromatic heterocycles. The number of hydrogen-bond donors (Lipinski definition) is 1. The first kappa shape index (κ1) is 21.6. The van der Waals surface area contributed by atoms with Gasteiger partial charge in [-0.2, -0.15) is 10.5 Å². The predicted octanol–water partition coefficient (Wildman–Crippen LogP) is 3.21.